The predicted octanol–water partition coefficient (Wildman–Crippen LogP) is 1.30. The van der Waals surface area contributed by atoms with Crippen LogP contribution in [0.15, 0.2) is 12.1 Å². The third kappa shape index (κ3) is 3.74. The van der Waals surface area contributed by atoms with Crippen molar-refractivity contribution in [1.82, 2.24) is 0 Å². The maximum atomic E-state index is 11.0. The molecule has 1 unspecified atom stereocenters. The molecule has 4 nitrogen and oxygen atoms in total. The van der Waals surface area contributed by atoms with E-state index in [4.69, 9.17) is 16.2 Å². The van der Waals surface area contributed by atoms with Gasteiger partial charge in [0.25, 0.3) is 0 Å². The predicted molar refractivity (Wildman–Crippen MR) is 72.5 cm³/mol. The minimum atomic E-state index is -0.343. The van der Waals surface area contributed by atoms with Crippen LogP contribution in [-0.4, -0.2) is 19.1 Å². The monoisotopic (exact) mass is 250 g/mol. The van der Waals surface area contributed by atoms with E-state index in [-0.39, 0.29) is 11.8 Å². The molecule has 0 spiro atoms. The lowest BCUT2D eigenvalue weighted by Crippen LogP contribution is -2.26. The summed E-state index contributed by atoms with van der Waals surface area (Å²) in [6, 6.07) is 4.15. The lowest BCUT2D eigenvalue weighted by atomic mass is 10.0. The van der Waals surface area contributed by atoms with E-state index in [1.54, 1.807) is 6.92 Å². The first-order chi connectivity index (χ1) is 8.45. The fourth-order valence-electron chi connectivity index (χ4n) is 1.87. The summed E-state index contributed by atoms with van der Waals surface area (Å²) in [7, 11) is 0. The third-order valence-corrected chi connectivity index (χ3v) is 2.92. The van der Waals surface area contributed by atoms with Gasteiger partial charge in [0.15, 0.2) is 0 Å². The van der Waals surface area contributed by atoms with Crippen LogP contribution < -0.4 is 16.2 Å². The fraction of sp³-hybridized carbons (Fsp3) is 0.500. The molecule has 0 fully saturated rings. The molecule has 0 bridgehead atoms. The number of benzene rings is 1. The van der Waals surface area contributed by atoms with Gasteiger partial charge in [-0.3, -0.25) is 4.79 Å². The van der Waals surface area contributed by atoms with E-state index in [9.17, 15) is 4.79 Å². The van der Waals surface area contributed by atoms with Gasteiger partial charge in [-0.15, -0.1) is 0 Å². The Bertz CT molecular complexity index is 407. The third-order valence-electron chi connectivity index (χ3n) is 2.92. The summed E-state index contributed by atoms with van der Waals surface area (Å²) in [5, 5.41) is 0. The highest BCUT2D eigenvalue weighted by molar-refractivity contribution is 5.76. The second-order valence-corrected chi connectivity index (χ2v) is 4.71. The standard InChI is InChI=1S/C14H22N2O2/c1-9-6-12(4-5-15)7-10(2)13(9)18-8-11(3)14(16)17/h6-7,11H,4-5,8,15H2,1-3H3,(H2,16,17). The van der Waals surface area contributed by atoms with Crippen LogP contribution in [0.25, 0.3) is 0 Å². The molecule has 18 heavy (non-hydrogen) atoms. The first kappa shape index (κ1) is 14.5. The minimum Gasteiger partial charge on any atom is -0.492 e. The number of ether oxygens (including phenoxy) is 1. The number of amides is 1. The van der Waals surface area contributed by atoms with Gasteiger partial charge in [-0.1, -0.05) is 19.1 Å². The highest BCUT2D eigenvalue weighted by atomic mass is 16.5. The molecule has 1 aromatic rings. The molecular formula is C14H22N2O2. The van der Waals surface area contributed by atoms with Crippen molar-refractivity contribution in [3.8, 4) is 5.75 Å². The average Bonchev–Trinajstić information content (AvgIpc) is 2.27. The number of hydrogen-bond acceptors (Lipinski definition) is 3. The van der Waals surface area contributed by atoms with Crippen LogP contribution in [-0.2, 0) is 11.2 Å². The minimum absolute atomic E-state index is 0.285. The van der Waals surface area contributed by atoms with E-state index in [0.717, 1.165) is 23.3 Å². The van der Waals surface area contributed by atoms with Gasteiger partial charge >= 0.3 is 0 Å². The molecule has 0 saturated carbocycles. The second-order valence-electron chi connectivity index (χ2n) is 4.71. The van der Waals surface area contributed by atoms with Crippen LogP contribution in [0.2, 0.25) is 0 Å². The average molecular weight is 250 g/mol. The zero-order chi connectivity index (χ0) is 13.7. The van der Waals surface area contributed by atoms with E-state index in [1.807, 2.05) is 13.8 Å². The summed E-state index contributed by atoms with van der Waals surface area (Å²) in [5.74, 6) is 0.210. The van der Waals surface area contributed by atoms with E-state index in [0.29, 0.717) is 13.2 Å². The number of primary amides is 1. The molecule has 1 aromatic carbocycles. The van der Waals surface area contributed by atoms with Gasteiger partial charge in [0.05, 0.1) is 12.5 Å². The molecule has 100 valence electrons. The van der Waals surface area contributed by atoms with Gasteiger partial charge in [-0.25, -0.2) is 0 Å². The van der Waals surface area contributed by atoms with Crippen molar-refractivity contribution in [3.05, 3.63) is 28.8 Å². The Kier molecular flexibility index (Phi) is 5.16. The molecule has 0 aliphatic heterocycles. The molecule has 0 heterocycles. The Labute approximate surface area is 108 Å². The first-order valence-corrected chi connectivity index (χ1v) is 6.18. The van der Waals surface area contributed by atoms with Gasteiger partial charge in [0, 0.05) is 0 Å². The molecule has 1 rings (SSSR count). The summed E-state index contributed by atoms with van der Waals surface area (Å²) in [6.45, 7) is 6.70. The zero-order valence-corrected chi connectivity index (χ0v) is 11.3. The van der Waals surface area contributed by atoms with Crippen LogP contribution in [0, 0.1) is 19.8 Å². The van der Waals surface area contributed by atoms with Crippen molar-refractivity contribution < 1.29 is 9.53 Å². The summed E-state index contributed by atoms with van der Waals surface area (Å²) in [5.41, 5.74) is 14.1. The molecule has 1 atom stereocenters. The molecule has 0 saturated heterocycles. The van der Waals surface area contributed by atoms with Crippen LogP contribution in [0.4, 0.5) is 0 Å². The highest BCUT2D eigenvalue weighted by Crippen LogP contribution is 2.25. The van der Waals surface area contributed by atoms with Crippen molar-refractivity contribution in [1.29, 1.82) is 0 Å². The molecule has 4 heteroatoms. The molecular weight excluding hydrogens is 228 g/mol. The molecule has 4 N–H and O–H groups in total. The SMILES string of the molecule is Cc1cc(CCN)cc(C)c1OCC(C)C(N)=O. The lowest BCUT2D eigenvalue weighted by Gasteiger charge is -2.15. The number of aryl methyl sites for hydroxylation is 2. The van der Waals surface area contributed by atoms with Gasteiger partial charge in [0.1, 0.15) is 5.75 Å². The van der Waals surface area contributed by atoms with Crippen molar-refractivity contribution in [2.75, 3.05) is 13.2 Å². The Morgan fingerprint density at radius 1 is 1.33 bits per heavy atom. The van der Waals surface area contributed by atoms with Gasteiger partial charge in [0.2, 0.25) is 5.91 Å². The number of carbonyl (C=O) groups excluding carboxylic acids is 1. The highest BCUT2D eigenvalue weighted by Gasteiger charge is 2.12. The van der Waals surface area contributed by atoms with Crippen molar-refractivity contribution >= 4 is 5.91 Å². The van der Waals surface area contributed by atoms with E-state index >= 15 is 0 Å². The molecule has 1 amide bonds. The topological polar surface area (TPSA) is 78.3 Å². The maximum absolute atomic E-state index is 11.0. The van der Waals surface area contributed by atoms with Crippen molar-refractivity contribution in [2.24, 2.45) is 17.4 Å². The largest absolute Gasteiger partial charge is 0.492 e. The number of rotatable bonds is 6. The Morgan fingerprint density at radius 3 is 2.33 bits per heavy atom. The summed E-state index contributed by atoms with van der Waals surface area (Å²) >= 11 is 0. The van der Waals surface area contributed by atoms with Crippen LogP contribution in [0.1, 0.15) is 23.6 Å². The zero-order valence-electron chi connectivity index (χ0n) is 11.3. The van der Waals surface area contributed by atoms with Gasteiger partial charge in [-0.2, -0.15) is 0 Å². The fourth-order valence-corrected chi connectivity index (χ4v) is 1.87. The van der Waals surface area contributed by atoms with Crippen LogP contribution in [0.5, 0.6) is 5.75 Å². The quantitative estimate of drug-likeness (QED) is 0.799. The molecule has 0 radical (unpaired) electrons. The first-order valence-electron chi connectivity index (χ1n) is 6.18. The number of nitrogens with two attached hydrogens (primary N) is 2. The summed E-state index contributed by atoms with van der Waals surface area (Å²) in [6.07, 6.45) is 0.861. The Balaban J connectivity index is 2.80. The van der Waals surface area contributed by atoms with Crippen LogP contribution >= 0.6 is 0 Å². The Morgan fingerprint density at radius 2 is 1.89 bits per heavy atom. The summed E-state index contributed by atoms with van der Waals surface area (Å²) in [4.78, 5) is 11.0. The smallest absolute Gasteiger partial charge is 0.223 e. The molecule has 0 aromatic heterocycles. The lowest BCUT2D eigenvalue weighted by molar-refractivity contribution is -0.122. The van der Waals surface area contributed by atoms with Crippen molar-refractivity contribution in [2.45, 2.75) is 27.2 Å². The van der Waals surface area contributed by atoms with E-state index in [1.165, 1.54) is 5.56 Å². The van der Waals surface area contributed by atoms with Gasteiger partial charge < -0.3 is 16.2 Å². The summed E-state index contributed by atoms with van der Waals surface area (Å²) < 4.78 is 5.69. The van der Waals surface area contributed by atoms with Crippen LogP contribution in [0.3, 0.4) is 0 Å². The molecule has 0 aliphatic rings. The second kappa shape index (κ2) is 6.40. The number of carbonyl (C=O) groups is 1. The normalized spacial score (nSPS) is 12.2. The van der Waals surface area contributed by atoms with E-state index in [2.05, 4.69) is 12.1 Å². The van der Waals surface area contributed by atoms with Crippen molar-refractivity contribution in [3.63, 3.8) is 0 Å². The van der Waals surface area contributed by atoms with E-state index < -0.39 is 0 Å². The number of hydrogen-bond donors (Lipinski definition) is 2. The molecule has 0 aliphatic carbocycles. The maximum Gasteiger partial charge on any atom is 0.223 e. The van der Waals surface area contributed by atoms with Gasteiger partial charge in [-0.05, 0) is 43.5 Å². The Hall–Kier alpha value is -1.55.